The summed E-state index contributed by atoms with van der Waals surface area (Å²) in [4.78, 5) is 28.8. The van der Waals surface area contributed by atoms with Crippen molar-refractivity contribution < 1.29 is 19.1 Å². The zero-order valence-electron chi connectivity index (χ0n) is 27.2. The van der Waals surface area contributed by atoms with E-state index in [1.54, 1.807) is 19.2 Å². The van der Waals surface area contributed by atoms with Crippen molar-refractivity contribution >= 4 is 11.8 Å². The summed E-state index contributed by atoms with van der Waals surface area (Å²) in [5, 5.41) is 6.36. The van der Waals surface area contributed by atoms with Gasteiger partial charge in [0.2, 0.25) is 11.8 Å². The molecule has 6 rings (SSSR count). The molecule has 0 fully saturated rings. The number of hydrogen-bond donors (Lipinski definition) is 2. The fourth-order valence-electron chi connectivity index (χ4n) is 5.94. The van der Waals surface area contributed by atoms with E-state index in [9.17, 15) is 9.59 Å². The van der Waals surface area contributed by atoms with Gasteiger partial charge in [0.1, 0.15) is 12.8 Å². The summed E-state index contributed by atoms with van der Waals surface area (Å²) in [7, 11) is 1.57. The molecule has 0 radical (unpaired) electrons. The molecule has 0 aromatic heterocycles. The molecule has 0 unspecified atom stereocenters. The van der Waals surface area contributed by atoms with Crippen LogP contribution in [-0.2, 0) is 16.2 Å². The number of carbonyl (C=O) groups excluding carboxylic acids is 2. The second-order valence-electron chi connectivity index (χ2n) is 11.6. The van der Waals surface area contributed by atoms with Crippen LogP contribution in [0.4, 0.5) is 0 Å². The molecule has 6 nitrogen and oxygen atoms in total. The first kappa shape index (κ1) is 32.8. The average molecular weight is 647 g/mol. The summed E-state index contributed by atoms with van der Waals surface area (Å²) < 4.78 is 11.9. The number of carbonyl (C=O) groups is 2. The number of rotatable bonds is 13. The van der Waals surface area contributed by atoms with Gasteiger partial charge in [-0.2, -0.15) is 0 Å². The molecule has 6 heteroatoms. The summed E-state index contributed by atoms with van der Waals surface area (Å²) in [6.07, 6.45) is -0.901. The molecule has 0 aliphatic rings. The molecule has 6 aromatic rings. The van der Waals surface area contributed by atoms with Crippen LogP contribution < -0.4 is 20.1 Å². The first-order chi connectivity index (χ1) is 24.1. The fraction of sp³-hybridized carbons (Fsp3) is 0.116. The largest absolute Gasteiger partial charge is 0.493 e. The van der Waals surface area contributed by atoms with Crippen molar-refractivity contribution in [3.63, 3.8) is 0 Å². The molecule has 0 aliphatic carbocycles. The molecule has 0 heterocycles. The van der Waals surface area contributed by atoms with Gasteiger partial charge in [-0.3, -0.25) is 9.59 Å². The molecular formula is C43H38N2O4. The molecule has 2 amide bonds. The minimum absolute atomic E-state index is 0.262. The summed E-state index contributed by atoms with van der Waals surface area (Å²) >= 11 is 0. The van der Waals surface area contributed by atoms with E-state index in [1.807, 2.05) is 158 Å². The van der Waals surface area contributed by atoms with E-state index >= 15 is 0 Å². The summed E-state index contributed by atoms with van der Waals surface area (Å²) in [6, 6.07) is 53.9. The van der Waals surface area contributed by atoms with Crippen molar-refractivity contribution in [2.45, 2.75) is 24.6 Å². The van der Waals surface area contributed by atoms with Crippen LogP contribution in [0.2, 0.25) is 0 Å². The molecular weight excluding hydrogens is 608 g/mol. The highest BCUT2D eigenvalue weighted by Crippen LogP contribution is 2.33. The standard InChI is InChI=1S/C43H38N2O4/c1-48-38-29-36(27-28-37(38)49-30-31-17-7-2-8-18-31)41(44-42(46)39(32-19-9-3-10-20-32)33-21-11-4-12-22-33)45-43(47)40(34-23-13-5-14-24-34)35-25-15-6-16-26-35/h2-29,39-41H,30H2,1H3,(H,44,46)(H,45,47). The van der Waals surface area contributed by atoms with Gasteiger partial charge in [-0.15, -0.1) is 0 Å². The Balaban J connectivity index is 1.36. The third-order valence-corrected chi connectivity index (χ3v) is 8.39. The molecule has 244 valence electrons. The summed E-state index contributed by atoms with van der Waals surface area (Å²) in [5.41, 5.74) is 5.00. The quantitative estimate of drug-likeness (QED) is 0.124. The van der Waals surface area contributed by atoms with Crippen LogP contribution in [0.25, 0.3) is 0 Å². The smallest absolute Gasteiger partial charge is 0.233 e. The zero-order valence-corrected chi connectivity index (χ0v) is 27.2. The van der Waals surface area contributed by atoms with Crippen LogP contribution in [0.3, 0.4) is 0 Å². The van der Waals surface area contributed by atoms with Crippen molar-refractivity contribution in [2.24, 2.45) is 0 Å². The van der Waals surface area contributed by atoms with Gasteiger partial charge in [0.05, 0.1) is 18.9 Å². The molecule has 0 saturated heterocycles. The van der Waals surface area contributed by atoms with Crippen LogP contribution in [-0.4, -0.2) is 18.9 Å². The third-order valence-electron chi connectivity index (χ3n) is 8.39. The Hall–Kier alpha value is -6.14. The highest BCUT2D eigenvalue weighted by molar-refractivity contribution is 5.90. The van der Waals surface area contributed by atoms with Crippen molar-refractivity contribution in [2.75, 3.05) is 7.11 Å². The molecule has 0 bridgehead atoms. The van der Waals surface area contributed by atoms with Crippen molar-refractivity contribution in [3.8, 4) is 11.5 Å². The Morgan fingerprint density at radius 2 is 0.878 bits per heavy atom. The van der Waals surface area contributed by atoms with Crippen LogP contribution in [0.15, 0.2) is 170 Å². The molecule has 6 aromatic carbocycles. The van der Waals surface area contributed by atoms with Crippen molar-refractivity contribution in [1.29, 1.82) is 0 Å². The minimum atomic E-state index is -0.901. The van der Waals surface area contributed by atoms with E-state index in [0.29, 0.717) is 23.7 Å². The topological polar surface area (TPSA) is 76.7 Å². The van der Waals surface area contributed by atoms with Crippen LogP contribution >= 0.6 is 0 Å². The predicted octanol–water partition coefficient (Wildman–Crippen LogP) is 8.17. The van der Waals surface area contributed by atoms with E-state index < -0.39 is 18.0 Å². The number of nitrogens with one attached hydrogen (secondary N) is 2. The maximum Gasteiger partial charge on any atom is 0.233 e. The second kappa shape index (κ2) is 16.1. The lowest BCUT2D eigenvalue weighted by atomic mass is 9.89. The van der Waals surface area contributed by atoms with Crippen molar-refractivity contribution in [1.82, 2.24) is 10.6 Å². The van der Waals surface area contributed by atoms with E-state index in [1.165, 1.54) is 0 Å². The van der Waals surface area contributed by atoms with Crippen LogP contribution in [0.5, 0.6) is 11.5 Å². The van der Waals surface area contributed by atoms with Gasteiger partial charge in [-0.05, 0) is 45.5 Å². The molecule has 49 heavy (non-hydrogen) atoms. The van der Waals surface area contributed by atoms with Gasteiger partial charge >= 0.3 is 0 Å². The van der Waals surface area contributed by atoms with Gasteiger partial charge in [0, 0.05) is 0 Å². The lowest BCUT2D eigenvalue weighted by Gasteiger charge is -2.27. The van der Waals surface area contributed by atoms with Gasteiger partial charge in [0.15, 0.2) is 11.5 Å². The lowest BCUT2D eigenvalue weighted by molar-refractivity contribution is -0.125. The lowest BCUT2D eigenvalue weighted by Crippen LogP contribution is -2.44. The number of ether oxygens (including phenoxy) is 2. The van der Waals surface area contributed by atoms with E-state index in [2.05, 4.69) is 10.6 Å². The number of benzene rings is 6. The maximum atomic E-state index is 14.4. The highest BCUT2D eigenvalue weighted by Gasteiger charge is 2.30. The molecule has 0 saturated carbocycles. The first-order valence-corrected chi connectivity index (χ1v) is 16.3. The predicted molar refractivity (Wildman–Crippen MR) is 192 cm³/mol. The van der Waals surface area contributed by atoms with Crippen LogP contribution in [0.1, 0.15) is 51.4 Å². The van der Waals surface area contributed by atoms with E-state index in [4.69, 9.17) is 9.47 Å². The Bertz CT molecular complexity index is 1760. The monoisotopic (exact) mass is 646 g/mol. The number of amides is 2. The number of hydrogen-bond acceptors (Lipinski definition) is 4. The summed E-state index contributed by atoms with van der Waals surface area (Å²) in [5.74, 6) is -0.729. The average Bonchev–Trinajstić information content (AvgIpc) is 3.16. The summed E-state index contributed by atoms with van der Waals surface area (Å²) in [6.45, 7) is 0.360. The third kappa shape index (κ3) is 8.24. The molecule has 0 spiro atoms. The highest BCUT2D eigenvalue weighted by atomic mass is 16.5. The second-order valence-corrected chi connectivity index (χ2v) is 11.6. The Kier molecular flexibility index (Phi) is 10.8. The Morgan fingerprint density at radius 3 is 1.27 bits per heavy atom. The van der Waals surface area contributed by atoms with Gasteiger partial charge in [-0.25, -0.2) is 0 Å². The zero-order chi connectivity index (χ0) is 33.8. The van der Waals surface area contributed by atoms with Crippen molar-refractivity contribution in [3.05, 3.63) is 203 Å². The Labute approximate surface area is 287 Å². The van der Waals surface area contributed by atoms with Gasteiger partial charge in [0.25, 0.3) is 0 Å². The Morgan fingerprint density at radius 1 is 0.490 bits per heavy atom. The molecule has 0 atom stereocenters. The SMILES string of the molecule is COc1cc(C(NC(=O)C(c2ccccc2)c2ccccc2)NC(=O)C(c2ccccc2)c2ccccc2)ccc1OCc1ccccc1. The van der Waals surface area contributed by atoms with E-state index in [-0.39, 0.29) is 11.8 Å². The van der Waals surface area contributed by atoms with Gasteiger partial charge in [-0.1, -0.05) is 158 Å². The minimum Gasteiger partial charge on any atom is -0.493 e. The normalized spacial score (nSPS) is 10.9. The van der Waals surface area contributed by atoms with Gasteiger partial charge < -0.3 is 20.1 Å². The molecule has 2 N–H and O–H groups in total. The number of methoxy groups -OCH3 is 1. The van der Waals surface area contributed by atoms with Crippen LogP contribution in [0, 0.1) is 0 Å². The fourth-order valence-corrected chi connectivity index (χ4v) is 5.94. The first-order valence-electron chi connectivity index (χ1n) is 16.3. The maximum absolute atomic E-state index is 14.4. The molecule has 0 aliphatic heterocycles. The van der Waals surface area contributed by atoms with E-state index in [0.717, 1.165) is 27.8 Å².